The summed E-state index contributed by atoms with van der Waals surface area (Å²) in [4.78, 5) is 23.0. The average Bonchev–Trinajstić information content (AvgIpc) is 2.39. The summed E-state index contributed by atoms with van der Waals surface area (Å²) in [7, 11) is 0. The van der Waals surface area contributed by atoms with Gasteiger partial charge >= 0.3 is 0 Å². The molecule has 0 heterocycles. The molecule has 0 aromatic heterocycles. The first-order valence-electron chi connectivity index (χ1n) is 6.90. The molecule has 0 radical (unpaired) electrons. The van der Waals surface area contributed by atoms with Crippen LogP contribution in [0.15, 0.2) is 10.2 Å². The molecule has 20 heavy (non-hydrogen) atoms. The van der Waals surface area contributed by atoms with Crippen LogP contribution in [0.2, 0.25) is 0 Å². The molecule has 0 rings (SSSR count). The van der Waals surface area contributed by atoms with E-state index in [1.807, 2.05) is 41.5 Å². The topological polar surface area (TPSA) is 82.9 Å². The summed E-state index contributed by atoms with van der Waals surface area (Å²) < 4.78 is 0. The van der Waals surface area contributed by atoms with Crippen molar-refractivity contribution in [1.82, 2.24) is 10.9 Å². The van der Waals surface area contributed by atoms with Gasteiger partial charge in [0.1, 0.15) is 0 Å². The highest BCUT2D eigenvalue weighted by Crippen LogP contribution is 1.97. The molecule has 2 amide bonds. The average molecular weight is 282 g/mol. The number of carbonyl (C=O) groups is 2. The van der Waals surface area contributed by atoms with Gasteiger partial charge in [0.05, 0.1) is 0 Å². The Morgan fingerprint density at radius 2 is 1.10 bits per heavy atom. The number of hydrazone groups is 2. The van der Waals surface area contributed by atoms with Gasteiger partial charge in [-0.2, -0.15) is 10.2 Å². The molecule has 0 aliphatic carbocycles. The second-order valence-electron chi connectivity index (χ2n) is 5.39. The third kappa shape index (κ3) is 8.39. The molecule has 0 unspecified atom stereocenters. The zero-order valence-corrected chi connectivity index (χ0v) is 13.3. The van der Waals surface area contributed by atoms with E-state index in [1.165, 1.54) is 0 Å². The Labute approximate surface area is 121 Å². The minimum absolute atomic E-state index is 0.0942. The fraction of sp³-hybridized carbons (Fsp3) is 0.714. The Balaban J connectivity index is 4.05. The molecule has 0 bridgehead atoms. The number of hydrogen-bond acceptors (Lipinski definition) is 4. The molecule has 0 aromatic rings. The number of amides is 2. The third-order valence-electron chi connectivity index (χ3n) is 2.96. The molecular formula is C14H26N4O2. The van der Waals surface area contributed by atoms with E-state index in [0.717, 1.165) is 11.4 Å². The van der Waals surface area contributed by atoms with Crippen LogP contribution < -0.4 is 10.9 Å². The summed E-state index contributed by atoms with van der Waals surface area (Å²) >= 11 is 0. The maximum absolute atomic E-state index is 11.5. The van der Waals surface area contributed by atoms with Crippen molar-refractivity contribution in [2.75, 3.05) is 0 Å². The van der Waals surface area contributed by atoms with Crippen molar-refractivity contribution in [1.29, 1.82) is 0 Å². The van der Waals surface area contributed by atoms with E-state index in [1.54, 1.807) is 0 Å². The highest BCUT2D eigenvalue weighted by molar-refractivity contribution is 5.88. The van der Waals surface area contributed by atoms with E-state index in [4.69, 9.17) is 0 Å². The van der Waals surface area contributed by atoms with Crippen LogP contribution in [-0.4, -0.2) is 23.2 Å². The third-order valence-corrected chi connectivity index (χ3v) is 2.96. The SMILES string of the molecule is CC(=NNC(=O)CCC(=O)NN=C(C)C(C)C)C(C)C. The molecule has 0 spiro atoms. The van der Waals surface area contributed by atoms with Crippen LogP contribution in [0.1, 0.15) is 54.4 Å². The zero-order chi connectivity index (χ0) is 15.7. The largest absolute Gasteiger partial charge is 0.273 e. The molecular weight excluding hydrogens is 256 g/mol. The normalized spacial score (nSPS) is 12.8. The molecule has 0 aliphatic heterocycles. The molecule has 0 aliphatic rings. The van der Waals surface area contributed by atoms with Gasteiger partial charge in [-0.15, -0.1) is 0 Å². The van der Waals surface area contributed by atoms with Gasteiger partial charge in [0, 0.05) is 24.3 Å². The van der Waals surface area contributed by atoms with E-state index in [0.29, 0.717) is 0 Å². The summed E-state index contributed by atoms with van der Waals surface area (Å²) in [6.45, 7) is 11.7. The molecule has 0 saturated heterocycles. The minimum Gasteiger partial charge on any atom is -0.273 e. The molecule has 6 heteroatoms. The fourth-order valence-electron chi connectivity index (χ4n) is 0.898. The van der Waals surface area contributed by atoms with Gasteiger partial charge in [0.2, 0.25) is 11.8 Å². The Morgan fingerprint density at radius 3 is 1.35 bits per heavy atom. The van der Waals surface area contributed by atoms with Crippen LogP contribution in [0.25, 0.3) is 0 Å². The van der Waals surface area contributed by atoms with Crippen LogP contribution >= 0.6 is 0 Å². The van der Waals surface area contributed by atoms with Gasteiger partial charge < -0.3 is 0 Å². The molecule has 0 fully saturated rings. The Kier molecular flexibility index (Phi) is 8.43. The van der Waals surface area contributed by atoms with Crippen LogP contribution in [0.5, 0.6) is 0 Å². The zero-order valence-electron chi connectivity index (χ0n) is 13.3. The number of nitrogens with one attached hydrogen (secondary N) is 2. The Morgan fingerprint density at radius 1 is 0.800 bits per heavy atom. The molecule has 6 nitrogen and oxygen atoms in total. The van der Waals surface area contributed by atoms with Crippen molar-refractivity contribution < 1.29 is 9.59 Å². The lowest BCUT2D eigenvalue weighted by atomic mass is 10.1. The van der Waals surface area contributed by atoms with Gasteiger partial charge in [-0.05, 0) is 25.7 Å². The van der Waals surface area contributed by atoms with Gasteiger partial charge in [0.25, 0.3) is 0 Å². The Bertz CT molecular complexity index is 360. The van der Waals surface area contributed by atoms with E-state index in [9.17, 15) is 9.59 Å². The standard InChI is InChI=1S/C14H26N4O2/c1-9(2)11(5)15-17-13(19)7-8-14(20)18-16-12(6)10(3)4/h9-10H,7-8H2,1-6H3,(H,17,19)(H,18,20). The first kappa shape index (κ1) is 18.3. The minimum atomic E-state index is -0.273. The lowest BCUT2D eigenvalue weighted by Crippen LogP contribution is -2.24. The van der Waals surface area contributed by atoms with Crippen LogP contribution in [0.4, 0.5) is 0 Å². The Hall–Kier alpha value is -1.72. The van der Waals surface area contributed by atoms with Crippen molar-refractivity contribution in [3.8, 4) is 0 Å². The molecule has 0 saturated carbocycles. The van der Waals surface area contributed by atoms with Crippen LogP contribution in [0.3, 0.4) is 0 Å². The number of carbonyl (C=O) groups excluding carboxylic acids is 2. The lowest BCUT2D eigenvalue weighted by Gasteiger charge is -2.06. The van der Waals surface area contributed by atoms with Gasteiger partial charge in [-0.25, -0.2) is 10.9 Å². The first-order chi connectivity index (χ1) is 9.23. The van der Waals surface area contributed by atoms with E-state index in [-0.39, 0.29) is 36.5 Å². The first-order valence-corrected chi connectivity index (χ1v) is 6.90. The number of hydrogen-bond donors (Lipinski definition) is 2. The van der Waals surface area contributed by atoms with E-state index >= 15 is 0 Å². The maximum Gasteiger partial charge on any atom is 0.240 e. The summed E-state index contributed by atoms with van der Waals surface area (Å²) in [6, 6.07) is 0. The molecule has 0 atom stereocenters. The summed E-state index contributed by atoms with van der Waals surface area (Å²) in [6.07, 6.45) is 0.188. The maximum atomic E-state index is 11.5. The molecule has 2 N–H and O–H groups in total. The monoisotopic (exact) mass is 282 g/mol. The van der Waals surface area contributed by atoms with Crippen LogP contribution in [-0.2, 0) is 9.59 Å². The van der Waals surface area contributed by atoms with Gasteiger partial charge in [-0.1, -0.05) is 27.7 Å². The second kappa shape index (κ2) is 9.23. The van der Waals surface area contributed by atoms with Crippen molar-refractivity contribution >= 4 is 23.2 Å². The highest BCUT2D eigenvalue weighted by atomic mass is 16.2. The van der Waals surface area contributed by atoms with Crippen LogP contribution in [0, 0.1) is 11.8 Å². The van der Waals surface area contributed by atoms with Crippen molar-refractivity contribution in [3.63, 3.8) is 0 Å². The highest BCUT2D eigenvalue weighted by Gasteiger charge is 2.07. The number of rotatable bonds is 7. The lowest BCUT2D eigenvalue weighted by molar-refractivity contribution is -0.126. The predicted molar refractivity (Wildman–Crippen MR) is 81.4 cm³/mol. The summed E-state index contributed by atoms with van der Waals surface area (Å²) in [5.74, 6) is 0.0216. The summed E-state index contributed by atoms with van der Waals surface area (Å²) in [5, 5.41) is 7.91. The van der Waals surface area contributed by atoms with E-state index in [2.05, 4.69) is 21.1 Å². The van der Waals surface area contributed by atoms with Crippen molar-refractivity contribution in [2.45, 2.75) is 54.4 Å². The molecule has 0 aromatic carbocycles. The number of nitrogens with zero attached hydrogens (tertiary/aromatic N) is 2. The quantitative estimate of drug-likeness (QED) is 0.553. The smallest absolute Gasteiger partial charge is 0.240 e. The predicted octanol–water partition coefficient (Wildman–Crippen LogP) is 2.06. The fourth-order valence-corrected chi connectivity index (χ4v) is 0.898. The van der Waals surface area contributed by atoms with Crippen molar-refractivity contribution in [3.05, 3.63) is 0 Å². The second-order valence-corrected chi connectivity index (χ2v) is 5.39. The van der Waals surface area contributed by atoms with Gasteiger partial charge in [0.15, 0.2) is 0 Å². The summed E-state index contributed by atoms with van der Waals surface area (Å²) in [5.41, 5.74) is 6.57. The van der Waals surface area contributed by atoms with Crippen molar-refractivity contribution in [2.24, 2.45) is 22.0 Å². The van der Waals surface area contributed by atoms with Gasteiger partial charge in [-0.3, -0.25) is 9.59 Å². The van der Waals surface area contributed by atoms with E-state index < -0.39 is 0 Å². The molecule has 114 valence electrons.